The maximum Gasteiger partial charge on any atom is 0.226 e. The van der Waals surface area contributed by atoms with E-state index in [-0.39, 0.29) is 11.3 Å². The Morgan fingerprint density at radius 2 is 1.72 bits per heavy atom. The van der Waals surface area contributed by atoms with E-state index < -0.39 is 0 Å². The summed E-state index contributed by atoms with van der Waals surface area (Å²) < 4.78 is 5.39. The van der Waals surface area contributed by atoms with Crippen LogP contribution in [-0.2, 0) is 9.53 Å². The Morgan fingerprint density at radius 1 is 1.17 bits per heavy atom. The maximum absolute atomic E-state index is 12.3. The van der Waals surface area contributed by atoms with Crippen LogP contribution in [0.3, 0.4) is 0 Å². The number of rotatable bonds is 9. The van der Waals surface area contributed by atoms with Gasteiger partial charge in [0.1, 0.15) is 0 Å². The Balaban J connectivity index is 4.06. The zero-order valence-electron chi connectivity index (χ0n) is 13.0. The van der Waals surface area contributed by atoms with E-state index in [0.717, 1.165) is 26.1 Å². The molecule has 108 valence electrons. The van der Waals surface area contributed by atoms with Crippen LogP contribution in [0.15, 0.2) is 0 Å². The molecular weight excluding hydrogens is 226 g/mol. The monoisotopic (exact) mass is 257 g/mol. The van der Waals surface area contributed by atoms with E-state index in [2.05, 4.69) is 46.9 Å². The van der Waals surface area contributed by atoms with E-state index in [1.807, 2.05) is 0 Å². The first kappa shape index (κ1) is 17.4. The molecule has 3 nitrogen and oxygen atoms in total. The van der Waals surface area contributed by atoms with Crippen molar-refractivity contribution in [1.29, 1.82) is 0 Å². The summed E-state index contributed by atoms with van der Waals surface area (Å²) in [4.78, 5) is 12.3. The molecule has 0 saturated carbocycles. The van der Waals surface area contributed by atoms with Crippen molar-refractivity contribution in [2.24, 2.45) is 17.3 Å². The van der Waals surface area contributed by atoms with Crippen LogP contribution in [0.1, 0.15) is 54.4 Å². The molecule has 18 heavy (non-hydrogen) atoms. The molecule has 0 aliphatic rings. The predicted octanol–water partition coefficient (Wildman–Crippen LogP) is 3.24. The number of carbonyl (C=O) groups excluding carboxylic acids is 1. The SMILES string of the molecule is CCCOCCCNC(=O)C(C)(C(C)C)C(C)C. The third kappa shape index (κ3) is 4.97. The number of ether oxygens (including phenoxy) is 1. The first-order valence-corrected chi connectivity index (χ1v) is 7.23. The van der Waals surface area contributed by atoms with Gasteiger partial charge >= 0.3 is 0 Å². The molecule has 0 aromatic carbocycles. The van der Waals surface area contributed by atoms with Crippen molar-refractivity contribution in [1.82, 2.24) is 5.32 Å². The molecule has 1 amide bonds. The Hall–Kier alpha value is -0.570. The summed E-state index contributed by atoms with van der Waals surface area (Å²) >= 11 is 0. The van der Waals surface area contributed by atoms with Gasteiger partial charge in [-0.1, -0.05) is 41.5 Å². The highest BCUT2D eigenvalue weighted by molar-refractivity contribution is 5.82. The highest BCUT2D eigenvalue weighted by atomic mass is 16.5. The maximum atomic E-state index is 12.3. The molecule has 3 heteroatoms. The van der Waals surface area contributed by atoms with Crippen molar-refractivity contribution in [3.63, 3.8) is 0 Å². The van der Waals surface area contributed by atoms with Crippen molar-refractivity contribution >= 4 is 5.91 Å². The van der Waals surface area contributed by atoms with Crippen molar-refractivity contribution in [2.75, 3.05) is 19.8 Å². The fraction of sp³-hybridized carbons (Fsp3) is 0.933. The van der Waals surface area contributed by atoms with E-state index in [0.29, 0.717) is 18.4 Å². The Bertz CT molecular complexity index is 229. The van der Waals surface area contributed by atoms with Gasteiger partial charge in [0, 0.05) is 19.8 Å². The summed E-state index contributed by atoms with van der Waals surface area (Å²) in [6.45, 7) is 14.9. The largest absolute Gasteiger partial charge is 0.381 e. The molecule has 0 saturated heterocycles. The standard InChI is InChI=1S/C15H31NO2/c1-7-10-18-11-8-9-16-14(17)15(6,12(2)3)13(4)5/h12-13H,7-11H2,1-6H3,(H,16,17). The van der Waals surface area contributed by atoms with E-state index in [4.69, 9.17) is 4.74 Å². The smallest absolute Gasteiger partial charge is 0.226 e. The van der Waals surface area contributed by atoms with Crippen LogP contribution in [0.5, 0.6) is 0 Å². The summed E-state index contributed by atoms with van der Waals surface area (Å²) in [5, 5.41) is 3.04. The topological polar surface area (TPSA) is 38.3 Å². The second kappa shape index (κ2) is 8.52. The third-order valence-electron chi connectivity index (χ3n) is 3.99. The molecule has 0 unspecified atom stereocenters. The van der Waals surface area contributed by atoms with Crippen molar-refractivity contribution in [3.8, 4) is 0 Å². The Labute approximate surface area is 113 Å². The lowest BCUT2D eigenvalue weighted by Crippen LogP contribution is -2.46. The van der Waals surface area contributed by atoms with Crippen LogP contribution in [0.2, 0.25) is 0 Å². The minimum Gasteiger partial charge on any atom is -0.381 e. The van der Waals surface area contributed by atoms with Crippen molar-refractivity contribution < 1.29 is 9.53 Å². The van der Waals surface area contributed by atoms with Gasteiger partial charge in [-0.05, 0) is 24.7 Å². The fourth-order valence-electron chi connectivity index (χ4n) is 2.00. The van der Waals surface area contributed by atoms with Gasteiger partial charge in [-0.15, -0.1) is 0 Å². The van der Waals surface area contributed by atoms with Gasteiger partial charge in [-0.2, -0.15) is 0 Å². The van der Waals surface area contributed by atoms with Crippen molar-refractivity contribution in [2.45, 2.75) is 54.4 Å². The molecule has 0 aromatic heterocycles. The molecule has 0 heterocycles. The number of hydrogen-bond acceptors (Lipinski definition) is 2. The predicted molar refractivity (Wildman–Crippen MR) is 76.5 cm³/mol. The van der Waals surface area contributed by atoms with Gasteiger partial charge in [0.15, 0.2) is 0 Å². The minimum absolute atomic E-state index is 0.169. The number of amides is 1. The second-order valence-corrected chi connectivity index (χ2v) is 5.81. The Morgan fingerprint density at radius 3 is 2.17 bits per heavy atom. The van der Waals surface area contributed by atoms with Crippen LogP contribution in [-0.4, -0.2) is 25.7 Å². The minimum atomic E-state index is -0.287. The highest BCUT2D eigenvalue weighted by Crippen LogP contribution is 2.35. The van der Waals surface area contributed by atoms with Gasteiger partial charge in [0.2, 0.25) is 5.91 Å². The summed E-state index contributed by atoms with van der Waals surface area (Å²) in [5.74, 6) is 0.852. The van der Waals surface area contributed by atoms with Crippen molar-refractivity contribution in [3.05, 3.63) is 0 Å². The van der Waals surface area contributed by atoms with Crippen LogP contribution < -0.4 is 5.32 Å². The Kier molecular flexibility index (Phi) is 8.25. The average Bonchev–Trinajstić information content (AvgIpc) is 2.31. The summed E-state index contributed by atoms with van der Waals surface area (Å²) in [7, 11) is 0. The van der Waals surface area contributed by atoms with E-state index in [1.54, 1.807) is 0 Å². The number of nitrogens with one attached hydrogen (secondary N) is 1. The van der Waals surface area contributed by atoms with Gasteiger partial charge in [-0.3, -0.25) is 4.79 Å². The normalized spacial score (nSPS) is 12.2. The molecule has 0 spiro atoms. The zero-order valence-corrected chi connectivity index (χ0v) is 13.0. The molecule has 0 radical (unpaired) electrons. The van der Waals surface area contributed by atoms with Gasteiger partial charge < -0.3 is 10.1 Å². The molecule has 0 fully saturated rings. The molecule has 0 atom stereocenters. The van der Waals surface area contributed by atoms with Gasteiger partial charge in [0.25, 0.3) is 0 Å². The molecule has 0 aromatic rings. The van der Waals surface area contributed by atoms with Crippen LogP contribution in [0.4, 0.5) is 0 Å². The summed E-state index contributed by atoms with van der Waals surface area (Å²) in [5.41, 5.74) is -0.287. The highest BCUT2D eigenvalue weighted by Gasteiger charge is 2.39. The first-order chi connectivity index (χ1) is 8.37. The van der Waals surface area contributed by atoms with Crippen LogP contribution in [0.25, 0.3) is 0 Å². The fourth-order valence-corrected chi connectivity index (χ4v) is 2.00. The quantitative estimate of drug-likeness (QED) is 0.644. The average molecular weight is 257 g/mol. The van der Waals surface area contributed by atoms with Gasteiger partial charge in [-0.25, -0.2) is 0 Å². The third-order valence-corrected chi connectivity index (χ3v) is 3.99. The van der Waals surface area contributed by atoms with E-state index >= 15 is 0 Å². The van der Waals surface area contributed by atoms with Gasteiger partial charge in [0.05, 0.1) is 5.41 Å². The summed E-state index contributed by atoms with van der Waals surface area (Å²) in [6, 6.07) is 0. The molecule has 1 N–H and O–H groups in total. The zero-order chi connectivity index (χ0) is 14.2. The molecule has 0 aliphatic heterocycles. The lowest BCUT2D eigenvalue weighted by atomic mass is 9.70. The van der Waals surface area contributed by atoms with E-state index in [9.17, 15) is 4.79 Å². The first-order valence-electron chi connectivity index (χ1n) is 7.23. The van der Waals surface area contributed by atoms with Crippen LogP contribution in [0, 0.1) is 17.3 Å². The number of carbonyl (C=O) groups is 1. The molecule has 0 rings (SSSR count). The van der Waals surface area contributed by atoms with Crippen LogP contribution >= 0.6 is 0 Å². The molecule has 0 aliphatic carbocycles. The lowest BCUT2D eigenvalue weighted by Gasteiger charge is -2.36. The number of hydrogen-bond donors (Lipinski definition) is 1. The second-order valence-electron chi connectivity index (χ2n) is 5.81. The molecule has 0 bridgehead atoms. The lowest BCUT2D eigenvalue weighted by molar-refractivity contribution is -0.135. The van der Waals surface area contributed by atoms with E-state index in [1.165, 1.54) is 0 Å². The summed E-state index contributed by atoms with van der Waals surface area (Å²) in [6.07, 6.45) is 1.93. The molecular formula is C15H31NO2.